The van der Waals surface area contributed by atoms with E-state index in [1.165, 1.54) is 0 Å². The molecule has 0 aromatic heterocycles. The van der Waals surface area contributed by atoms with E-state index >= 15 is 0 Å². The van der Waals surface area contributed by atoms with E-state index in [1.54, 1.807) is 0 Å². The van der Waals surface area contributed by atoms with E-state index in [-0.39, 0.29) is 11.3 Å². The van der Waals surface area contributed by atoms with E-state index in [0.29, 0.717) is 12.3 Å². The normalized spacial score (nSPS) is 31.2. The molecule has 0 atom stereocenters. The summed E-state index contributed by atoms with van der Waals surface area (Å²) in [5, 5.41) is 14.2. The predicted molar refractivity (Wildman–Crippen MR) is 33.9 cm³/mol. The van der Waals surface area contributed by atoms with Gasteiger partial charge < -0.3 is 10.5 Å². The molecule has 4 nitrogen and oxygen atoms in total. The highest BCUT2D eigenvalue weighted by atomic mass is 16.4. The molecule has 1 aliphatic heterocycles. The van der Waals surface area contributed by atoms with Crippen LogP contribution in [0.2, 0.25) is 0 Å². The molecule has 2 rings (SSSR count). The fourth-order valence-corrected chi connectivity index (χ4v) is 1.41. The minimum absolute atomic E-state index is 0.0281. The molecule has 1 amide bonds. The van der Waals surface area contributed by atoms with E-state index in [4.69, 9.17) is 5.21 Å². The average Bonchev–Trinajstić information content (AvgIpc) is 2.63. The zero-order valence-corrected chi connectivity index (χ0v) is 5.42. The van der Waals surface area contributed by atoms with Gasteiger partial charge in [-0.2, -0.15) is 0 Å². The standard InChI is InChI=1S/C6H8N2O2/c9-5-6(1-2-6)4(8-10)3-7-5/h10H,1-3H2,(H,7,9)/b8-4+. The molecule has 0 radical (unpaired) electrons. The summed E-state index contributed by atoms with van der Waals surface area (Å²) in [6.45, 7) is 0.426. The monoisotopic (exact) mass is 140 g/mol. The summed E-state index contributed by atoms with van der Waals surface area (Å²) in [6.07, 6.45) is 1.69. The molecular weight excluding hydrogens is 132 g/mol. The minimum atomic E-state index is -0.380. The molecule has 2 aliphatic rings. The van der Waals surface area contributed by atoms with Crippen LogP contribution < -0.4 is 5.32 Å². The topological polar surface area (TPSA) is 61.7 Å². The molecule has 1 aliphatic carbocycles. The first-order valence-corrected chi connectivity index (χ1v) is 3.29. The van der Waals surface area contributed by atoms with Crippen molar-refractivity contribution in [1.82, 2.24) is 5.32 Å². The number of hydrogen-bond acceptors (Lipinski definition) is 3. The number of hydrogen-bond donors (Lipinski definition) is 2. The average molecular weight is 140 g/mol. The summed E-state index contributed by atoms with van der Waals surface area (Å²) < 4.78 is 0. The van der Waals surface area contributed by atoms with Gasteiger partial charge in [-0.1, -0.05) is 5.16 Å². The van der Waals surface area contributed by atoms with Crippen LogP contribution in [0.3, 0.4) is 0 Å². The van der Waals surface area contributed by atoms with Crippen LogP contribution in [0.15, 0.2) is 5.16 Å². The van der Waals surface area contributed by atoms with Crippen LogP contribution in [0.1, 0.15) is 12.8 Å². The van der Waals surface area contributed by atoms with E-state index < -0.39 is 0 Å². The fraction of sp³-hybridized carbons (Fsp3) is 0.667. The van der Waals surface area contributed by atoms with Crippen molar-refractivity contribution in [3.05, 3.63) is 0 Å². The van der Waals surface area contributed by atoms with Gasteiger partial charge in [-0.05, 0) is 12.8 Å². The first kappa shape index (κ1) is 5.70. The number of amides is 1. The maximum absolute atomic E-state index is 11.0. The molecule has 10 heavy (non-hydrogen) atoms. The van der Waals surface area contributed by atoms with Crippen molar-refractivity contribution in [2.75, 3.05) is 6.54 Å². The number of oxime groups is 1. The first-order valence-electron chi connectivity index (χ1n) is 3.29. The number of rotatable bonds is 0. The number of carbonyl (C=O) groups excluding carboxylic acids is 1. The van der Waals surface area contributed by atoms with Gasteiger partial charge in [-0.3, -0.25) is 4.79 Å². The highest BCUT2D eigenvalue weighted by Gasteiger charge is 2.57. The van der Waals surface area contributed by atoms with E-state index in [0.717, 1.165) is 12.8 Å². The van der Waals surface area contributed by atoms with Crippen molar-refractivity contribution < 1.29 is 10.0 Å². The Bertz CT molecular complexity index is 218. The van der Waals surface area contributed by atoms with Crippen molar-refractivity contribution in [2.24, 2.45) is 10.6 Å². The van der Waals surface area contributed by atoms with Crippen LogP contribution in [-0.4, -0.2) is 23.4 Å². The van der Waals surface area contributed by atoms with Crippen LogP contribution >= 0.6 is 0 Å². The van der Waals surface area contributed by atoms with Crippen molar-refractivity contribution >= 4 is 11.6 Å². The summed E-state index contributed by atoms with van der Waals surface area (Å²) in [4.78, 5) is 11.0. The third kappa shape index (κ3) is 0.465. The van der Waals surface area contributed by atoms with Gasteiger partial charge >= 0.3 is 0 Å². The van der Waals surface area contributed by atoms with Gasteiger partial charge in [0.05, 0.1) is 17.7 Å². The van der Waals surface area contributed by atoms with E-state index in [1.807, 2.05) is 0 Å². The molecule has 0 aromatic rings. The molecule has 2 fully saturated rings. The van der Waals surface area contributed by atoms with Gasteiger partial charge in [-0.25, -0.2) is 0 Å². The number of nitrogens with zero attached hydrogens (tertiary/aromatic N) is 1. The third-order valence-electron chi connectivity index (χ3n) is 2.27. The second-order valence-corrected chi connectivity index (χ2v) is 2.81. The maximum Gasteiger partial charge on any atom is 0.232 e. The molecule has 4 heteroatoms. The third-order valence-corrected chi connectivity index (χ3v) is 2.27. The lowest BCUT2D eigenvalue weighted by atomic mass is 10.0. The lowest BCUT2D eigenvalue weighted by Crippen LogP contribution is -2.20. The SMILES string of the molecule is O=C1NC/C(=N\O)C12CC2. The predicted octanol–water partition coefficient (Wildman–Crippen LogP) is -0.273. The van der Waals surface area contributed by atoms with Crippen LogP contribution in [0.5, 0.6) is 0 Å². The zero-order valence-electron chi connectivity index (χ0n) is 5.42. The Labute approximate surface area is 57.9 Å². The molecule has 0 bridgehead atoms. The molecule has 0 aromatic carbocycles. The molecule has 0 unspecified atom stereocenters. The van der Waals surface area contributed by atoms with Crippen molar-refractivity contribution in [1.29, 1.82) is 0 Å². The lowest BCUT2D eigenvalue weighted by Gasteiger charge is -1.98. The maximum atomic E-state index is 11.0. The van der Waals surface area contributed by atoms with Gasteiger partial charge in [0.2, 0.25) is 5.91 Å². The second-order valence-electron chi connectivity index (χ2n) is 2.81. The summed E-state index contributed by atoms with van der Waals surface area (Å²) in [7, 11) is 0. The van der Waals surface area contributed by atoms with Gasteiger partial charge in [-0.15, -0.1) is 0 Å². The summed E-state index contributed by atoms with van der Waals surface area (Å²) >= 11 is 0. The van der Waals surface area contributed by atoms with Crippen LogP contribution in [0.25, 0.3) is 0 Å². The molecule has 54 valence electrons. The fourth-order valence-electron chi connectivity index (χ4n) is 1.41. The first-order chi connectivity index (χ1) is 4.79. The zero-order chi connectivity index (χ0) is 7.19. The number of nitrogens with one attached hydrogen (secondary N) is 1. The van der Waals surface area contributed by atoms with Crippen LogP contribution in [-0.2, 0) is 4.79 Å². The highest BCUT2D eigenvalue weighted by molar-refractivity contribution is 6.17. The summed E-state index contributed by atoms with van der Waals surface area (Å²) in [5.41, 5.74) is 0.229. The second kappa shape index (κ2) is 1.51. The van der Waals surface area contributed by atoms with Gasteiger partial charge in [0, 0.05) is 0 Å². The van der Waals surface area contributed by atoms with E-state index in [9.17, 15) is 4.79 Å². The smallest absolute Gasteiger partial charge is 0.232 e. The summed E-state index contributed by atoms with van der Waals surface area (Å²) in [6, 6.07) is 0. The molecule has 2 N–H and O–H groups in total. The Balaban J connectivity index is 2.35. The molecule has 1 spiro atoms. The van der Waals surface area contributed by atoms with Crippen LogP contribution in [0.4, 0.5) is 0 Å². The molecule has 1 heterocycles. The van der Waals surface area contributed by atoms with Crippen molar-refractivity contribution in [2.45, 2.75) is 12.8 Å². The Morgan fingerprint density at radius 3 is 2.70 bits per heavy atom. The Morgan fingerprint density at radius 2 is 2.30 bits per heavy atom. The number of carbonyl (C=O) groups is 1. The van der Waals surface area contributed by atoms with Crippen molar-refractivity contribution in [3.8, 4) is 0 Å². The van der Waals surface area contributed by atoms with E-state index in [2.05, 4.69) is 10.5 Å². The molecular formula is C6H8N2O2. The highest BCUT2D eigenvalue weighted by Crippen LogP contribution is 2.49. The largest absolute Gasteiger partial charge is 0.411 e. The van der Waals surface area contributed by atoms with Gasteiger partial charge in [0.25, 0.3) is 0 Å². The Kier molecular flexibility index (Phi) is 0.859. The van der Waals surface area contributed by atoms with Crippen molar-refractivity contribution in [3.63, 3.8) is 0 Å². The minimum Gasteiger partial charge on any atom is -0.411 e. The Hall–Kier alpha value is -1.06. The van der Waals surface area contributed by atoms with Gasteiger partial charge in [0.15, 0.2) is 0 Å². The quantitative estimate of drug-likeness (QED) is 0.359. The molecule has 1 saturated heterocycles. The van der Waals surface area contributed by atoms with Gasteiger partial charge in [0.1, 0.15) is 0 Å². The van der Waals surface area contributed by atoms with Crippen LogP contribution in [0, 0.1) is 5.41 Å². The molecule has 1 saturated carbocycles. The lowest BCUT2D eigenvalue weighted by molar-refractivity contribution is -0.122. The summed E-state index contributed by atoms with van der Waals surface area (Å²) in [5.74, 6) is 0.0281. The Morgan fingerprint density at radius 1 is 1.60 bits per heavy atom.